The van der Waals surface area contributed by atoms with E-state index in [0.29, 0.717) is 23.2 Å². The molecule has 1 amide bonds. The number of para-hydroxylation sites is 1. The third-order valence-electron chi connectivity index (χ3n) is 4.70. The Balaban J connectivity index is 1.76. The summed E-state index contributed by atoms with van der Waals surface area (Å²) in [5.41, 5.74) is 0.848. The highest BCUT2D eigenvalue weighted by atomic mass is 35.5. The molecule has 1 heterocycles. The second kappa shape index (κ2) is 8.29. The van der Waals surface area contributed by atoms with E-state index in [9.17, 15) is 4.79 Å². The maximum Gasteiger partial charge on any atom is 0.232 e. The molecule has 2 aromatic rings. The number of amides is 1. The van der Waals surface area contributed by atoms with Crippen molar-refractivity contribution >= 4 is 29.0 Å². The molecule has 0 bridgehead atoms. The number of benzene rings is 1. The molecule has 0 spiro atoms. The number of nitrogens with zero attached hydrogens (tertiary/aromatic N) is 2. The quantitative estimate of drug-likeness (QED) is 0.692. The van der Waals surface area contributed by atoms with Crippen LogP contribution >= 0.6 is 11.6 Å². The van der Waals surface area contributed by atoms with Gasteiger partial charge in [-0.15, -0.1) is 0 Å². The predicted octanol–water partition coefficient (Wildman–Crippen LogP) is 5.76. The number of pyridine rings is 1. The number of hydrogen-bond acceptors (Lipinski definition) is 2. The van der Waals surface area contributed by atoms with Crippen molar-refractivity contribution in [2.24, 2.45) is 5.92 Å². The number of halogens is 1. The van der Waals surface area contributed by atoms with Gasteiger partial charge >= 0.3 is 0 Å². The molecule has 126 valence electrons. The topological polar surface area (TPSA) is 33.2 Å². The average Bonchev–Trinajstić information content (AvgIpc) is 2.64. The van der Waals surface area contributed by atoms with Gasteiger partial charge in [-0.05, 0) is 36.6 Å². The summed E-state index contributed by atoms with van der Waals surface area (Å²) in [6.07, 6.45) is 9.59. The van der Waals surface area contributed by atoms with E-state index in [1.807, 2.05) is 30.3 Å². The molecule has 0 unspecified atom stereocenters. The first-order valence-corrected chi connectivity index (χ1v) is 9.11. The first-order chi connectivity index (χ1) is 11.7. The van der Waals surface area contributed by atoms with Gasteiger partial charge in [0.1, 0.15) is 5.82 Å². The van der Waals surface area contributed by atoms with Gasteiger partial charge in [-0.3, -0.25) is 9.69 Å². The minimum absolute atomic E-state index is 0.0987. The fourth-order valence-electron chi connectivity index (χ4n) is 3.40. The van der Waals surface area contributed by atoms with Gasteiger partial charge < -0.3 is 0 Å². The van der Waals surface area contributed by atoms with Crippen LogP contribution in [0.4, 0.5) is 11.5 Å². The maximum atomic E-state index is 12.9. The highest BCUT2D eigenvalue weighted by molar-refractivity contribution is 6.30. The van der Waals surface area contributed by atoms with Crippen molar-refractivity contribution in [3.8, 4) is 0 Å². The molecule has 0 radical (unpaired) electrons. The minimum atomic E-state index is 0.0987. The van der Waals surface area contributed by atoms with Crippen LogP contribution < -0.4 is 4.90 Å². The van der Waals surface area contributed by atoms with E-state index < -0.39 is 0 Å². The number of carbonyl (C=O) groups is 1. The smallest absolute Gasteiger partial charge is 0.232 e. The van der Waals surface area contributed by atoms with Crippen molar-refractivity contribution in [3.05, 3.63) is 53.7 Å². The summed E-state index contributed by atoms with van der Waals surface area (Å²) >= 11 is 5.94. The van der Waals surface area contributed by atoms with Gasteiger partial charge in [-0.25, -0.2) is 4.98 Å². The normalized spacial score (nSPS) is 15.2. The molecule has 1 aliphatic rings. The Morgan fingerprint density at radius 1 is 1.08 bits per heavy atom. The van der Waals surface area contributed by atoms with Crippen LogP contribution in [0.5, 0.6) is 0 Å². The molecule has 1 saturated carbocycles. The number of aromatic nitrogens is 1. The number of rotatable bonds is 5. The average molecular weight is 343 g/mol. The second-order valence-corrected chi connectivity index (χ2v) is 6.88. The van der Waals surface area contributed by atoms with Gasteiger partial charge in [0.2, 0.25) is 5.91 Å². The molecule has 1 fully saturated rings. The Morgan fingerprint density at radius 3 is 2.50 bits per heavy atom. The molecule has 1 aliphatic carbocycles. The first kappa shape index (κ1) is 17.0. The summed E-state index contributed by atoms with van der Waals surface area (Å²) in [4.78, 5) is 19.0. The number of carbonyl (C=O) groups excluding carboxylic acids is 1. The molecule has 4 heteroatoms. The molecule has 1 aromatic carbocycles. The van der Waals surface area contributed by atoms with Crippen LogP contribution in [0.1, 0.15) is 44.9 Å². The fourth-order valence-corrected chi connectivity index (χ4v) is 3.51. The lowest BCUT2D eigenvalue weighted by molar-refractivity contribution is -0.118. The molecule has 0 saturated heterocycles. The Hall–Kier alpha value is -1.87. The van der Waals surface area contributed by atoms with Crippen molar-refractivity contribution in [2.45, 2.75) is 44.9 Å². The standard InChI is InChI=1S/C20H23ClN2O/c21-17-12-13-19(22-15-17)23(18-9-5-2-6-10-18)20(24)14-11-16-7-3-1-4-8-16/h2,5-6,9-10,12-13,15-16H,1,3-4,7-8,11,14H2. The largest absolute Gasteiger partial charge is 0.274 e. The Labute approximate surface area is 148 Å². The van der Waals surface area contributed by atoms with E-state index in [1.165, 1.54) is 32.1 Å². The van der Waals surface area contributed by atoms with Gasteiger partial charge in [0, 0.05) is 12.6 Å². The molecule has 3 nitrogen and oxygen atoms in total. The van der Waals surface area contributed by atoms with E-state index in [-0.39, 0.29) is 5.91 Å². The SMILES string of the molecule is O=C(CCC1CCCCC1)N(c1ccccc1)c1ccc(Cl)cn1. The fraction of sp³-hybridized carbons (Fsp3) is 0.400. The van der Waals surface area contributed by atoms with Crippen molar-refractivity contribution < 1.29 is 4.79 Å². The van der Waals surface area contributed by atoms with E-state index in [1.54, 1.807) is 23.2 Å². The Kier molecular flexibility index (Phi) is 5.86. The summed E-state index contributed by atoms with van der Waals surface area (Å²) in [6.45, 7) is 0. The van der Waals surface area contributed by atoms with Gasteiger partial charge in [0.25, 0.3) is 0 Å². The van der Waals surface area contributed by atoms with Crippen LogP contribution in [0.2, 0.25) is 5.02 Å². The Bertz CT molecular complexity index is 651. The first-order valence-electron chi connectivity index (χ1n) is 8.73. The third-order valence-corrected chi connectivity index (χ3v) is 4.92. The molecule has 0 N–H and O–H groups in total. The van der Waals surface area contributed by atoms with Crippen molar-refractivity contribution in [2.75, 3.05) is 4.90 Å². The van der Waals surface area contributed by atoms with Crippen LogP contribution in [0.15, 0.2) is 48.7 Å². The highest BCUT2D eigenvalue weighted by Gasteiger charge is 2.21. The molecule has 1 aromatic heterocycles. The minimum Gasteiger partial charge on any atom is -0.274 e. The molecule has 24 heavy (non-hydrogen) atoms. The summed E-state index contributed by atoms with van der Waals surface area (Å²) in [5, 5.41) is 0.571. The van der Waals surface area contributed by atoms with Gasteiger partial charge in [-0.2, -0.15) is 0 Å². The van der Waals surface area contributed by atoms with Crippen LogP contribution in [0.3, 0.4) is 0 Å². The number of anilines is 2. The van der Waals surface area contributed by atoms with Crippen LogP contribution in [-0.4, -0.2) is 10.9 Å². The van der Waals surface area contributed by atoms with Crippen molar-refractivity contribution in [1.29, 1.82) is 0 Å². The van der Waals surface area contributed by atoms with Gasteiger partial charge in [-0.1, -0.05) is 61.9 Å². The van der Waals surface area contributed by atoms with Crippen LogP contribution in [0.25, 0.3) is 0 Å². The van der Waals surface area contributed by atoms with Crippen LogP contribution in [-0.2, 0) is 4.79 Å². The van der Waals surface area contributed by atoms with Crippen molar-refractivity contribution in [3.63, 3.8) is 0 Å². The lowest BCUT2D eigenvalue weighted by Crippen LogP contribution is -2.27. The molecule has 0 atom stereocenters. The van der Waals surface area contributed by atoms with Crippen molar-refractivity contribution in [1.82, 2.24) is 4.98 Å². The van der Waals surface area contributed by atoms with Gasteiger partial charge in [0.15, 0.2) is 0 Å². The highest BCUT2D eigenvalue weighted by Crippen LogP contribution is 2.30. The van der Waals surface area contributed by atoms with E-state index in [4.69, 9.17) is 11.6 Å². The summed E-state index contributed by atoms with van der Waals surface area (Å²) in [5.74, 6) is 1.42. The van der Waals surface area contributed by atoms with E-state index in [0.717, 1.165) is 12.1 Å². The predicted molar refractivity (Wildman–Crippen MR) is 98.6 cm³/mol. The molecule has 3 rings (SSSR count). The number of hydrogen-bond donors (Lipinski definition) is 0. The lowest BCUT2D eigenvalue weighted by Gasteiger charge is -2.25. The summed E-state index contributed by atoms with van der Waals surface area (Å²) in [7, 11) is 0. The lowest BCUT2D eigenvalue weighted by atomic mass is 9.86. The van der Waals surface area contributed by atoms with Gasteiger partial charge in [0.05, 0.1) is 10.7 Å². The van der Waals surface area contributed by atoms with Crippen LogP contribution in [0, 0.1) is 5.92 Å². The Morgan fingerprint density at radius 2 is 1.83 bits per heavy atom. The molecular formula is C20H23ClN2O. The maximum absolute atomic E-state index is 12.9. The zero-order chi connectivity index (χ0) is 16.8. The van der Waals surface area contributed by atoms with E-state index >= 15 is 0 Å². The molecule has 0 aliphatic heterocycles. The second-order valence-electron chi connectivity index (χ2n) is 6.44. The molecular weight excluding hydrogens is 320 g/mol. The zero-order valence-electron chi connectivity index (χ0n) is 13.8. The monoisotopic (exact) mass is 342 g/mol. The summed E-state index contributed by atoms with van der Waals surface area (Å²) in [6, 6.07) is 13.3. The zero-order valence-corrected chi connectivity index (χ0v) is 14.6. The third kappa shape index (κ3) is 4.35. The summed E-state index contributed by atoms with van der Waals surface area (Å²) < 4.78 is 0. The van der Waals surface area contributed by atoms with E-state index in [2.05, 4.69) is 4.98 Å².